The molecule has 2 amide bonds. The van der Waals surface area contributed by atoms with E-state index in [1.807, 2.05) is 26.8 Å². The van der Waals surface area contributed by atoms with E-state index in [4.69, 9.17) is 16.3 Å². The number of nitrogens with one attached hydrogen (secondary N) is 2. The van der Waals surface area contributed by atoms with Crippen LogP contribution in [0.25, 0.3) is 0 Å². The molecule has 0 saturated carbocycles. The number of benzene rings is 1. The Balaban J connectivity index is 1.32. The molecule has 0 aliphatic carbocycles. The van der Waals surface area contributed by atoms with Crippen molar-refractivity contribution in [2.75, 3.05) is 29.9 Å². The summed E-state index contributed by atoms with van der Waals surface area (Å²) in [4.78, 5) is 40.4. The van der Waals surface area contributed by atoms with Crippen molar-refractivity contribution in [3.63, 3.8) is 0 Å². The van der Waals surface area contributed by atoms with Crippen molar-refractivity contribution in [1.29, 1.82) is 0 Å². The summed E-state index contributed by atoms with van der Waals surface area (Å²) in [6.07, 6.45) is 5.81. The highest BCUT2D eigenvalue weighted by atomic mass is 35.5. The number of piperidine rings is 1. The number of anilines is 2. The second kappa shape index (κ2) is 12.4. The van der Waals surface area contributed by atoms with E-state index in [-0.39, 0.29) is 11.1 Å². The molecule has 0 spiro atoms. The molecule has 1 aliphatic rings. The number of pyridine rings is 1. The fraction of sp³-hybridized carbons (Fsp3) is 0.393. The van der Waals surface area contributed by atoms with Gasteiger partial charge in [-0.1, -0.05) is 36.4 Å². The zero-order chi connectivity index (χ0) is 28.9. The molecule has 0 radical (unpaired) electrons. The van der Waals surface area contributed by atoms with Gasteiger partial charge < -0.3 is 20.3 Å². The van der Waals surface area contributed by atoms with Gasteiger partial charge in [0.25, 0.3) is 5.91 Å². The van der Waals surface area contributed by atoms with Crippen LogP contribution in [0.15, 0.2) is 58.8 Å². The molecule has 40 heavy (non-hydrogen) atoms. The monoisotopic (exact) mass is 586 g/mol. The fourth-order valence-corrected chi connectivity index (χ4v) is 5.14. The Morgan fingerprint density at radius 2 is 1.85 bits per heavy atom. The zero-order valence-corrected chi connectivity index (χ0v) is 24.4. The van der Waals surface area contributed by atoms with Gasteiger partial charge in [0, 0.05) is 24.5 Å². The van der Waals surface area contributed by atoms with Crippen LogP contribution >= 0.6 is 23.4 Å². The van der Waals surface area contributed by atoms with E-state index in [0.29, 0.717) is 27.2 Å². The normalized spacial score (nSPS) is 14.9. The average Bonchev–Trinajstić information content (AvgIpc) is 2.90. The van der Waals surface area contributed by atoms with Gasteiger partial charge in [0.1, 0.15) is 28.0 Å². The lowest BCUT2D eigenvalue weighted by Crippen LogP contribution is -2.45. The van der Waals surface area contributed by atoms with Crippen LogP contribution in [0.5, 0.6) is 0 Å². The van der Waals surface area contributed by atoms with Gasteiger partial charge in [-0.2, -0.15) is 0 Å². The standard InChI is InChI=1S/C28H32ClFN6O3S/c1-27(2,3)39-26(38)34-17-28(4)10-12-36(13-11-28)22-15-33-23(16-32-22)40-21-7-5-6-19(24(21)29)35-25(37)20-9-8-18(30)14-31-20/h5-9,14-16H,10-13,17H2,1-4H3,(H,34,38)(H,35,37). The number of carbonyl (C=O) groups excluding carboxylic acids is 2. The van der Waals surface area contributed by atoms with Gasteiger partial charge in [-0.15, -0.1) is 0 Å². The van der Waals surface area contributed by atoms with E-state index < -0.39 is 23.4 Å². The topological polar surface area (TPSA) is 109 Å². The average molecular weight is 587 g/mol. The lowest BCUT2D eigenvalue weighted by Gasteiger charge is -2.40. The maximum absolute atomic E-state index is 13.1. The lowest BCUT2D eigenvalue weighted by molar-refractivity contribution is 0.0495. The van der Waals surface area contributed by atoms with Gasteiger partial charge in [0.2, 0.25) is 0 Å². The first kappa shape index (κ1) is 29.5. The molecule has 2 aromatic heterocycles. The van der Waals surface area contributed by atoms with E-state index in [0.717, 1.165) is 37.9 Å². The van der Waals surface area contributed by atoms with Crippen LogP contribution in [0.3, 0.4) is 0 Å². The van der Waals surface area contributed by atoms with Crippen molar-refractivity contribution in [3.8, 4) is 0 Å². The molecule has 9 nitrogen and oxygen atoms in total. The van der Waals surface area contributed by atoms with Crippen molar-refractivity contribution in [1.82, 2.24) is 20.3 Å². The molecule has 0 atom stereocenters. The Morgan fingerprint density at radius 1 is 1.10 bits per heavy atom. The molecule has 212 valence electrons. The number of halogens is 2. The number of ether oxygens (including phenoxy) is 1. The third-order valence-electron chi connectivity index (χ3n) is 6.35. The summed E-state index contributed by atoms with van der Waals surface area (Å²) in [5.74, 6) is -0.233. The minimum absolute atomic E-state index is 0.0272. The molecule has 1 fully saturated rings. The van der Waals surface area contributed by atoms with Gasteiger partial charge in [-0.25, -0.2) is 24.1 Å². The van der Waals surface area contributed by atoms with Crippen LogP contribution in [0.2, 0.25) is 5.02 Å². The van der Waals surface area contributed by atoms with Crippen LogP contribution in [0.1, 0.15) is 51.0 Å². The second-order valence-electron chi connectivity index (χ2n) is 10.9. The van der Waals surface area contributed by atoms with Gasteiger partial charge in [0.15, 0.2) is 0 Å². The predicted molar refractivity (Wildman–Crippen MR) is 154 cm³/mol. The smallest absolute Gasteiger partial charge is 0.407 e. The summed E-state index contributed by atoms with van der Waals surface area (Å²) >= 11 is 7.89. The summed E-state index contributed by atoms with van der Waals surface area (Å²) in [6.45, 7) is 9.85. The van der Waals surface area contributed by atoms with E-state index in [1.165, 1.54) is 23.9 Å². The molecule has 4 rings (SSSR count). The first-order chi connectivity index (χ1) is 18.9. The number of alkyl carbamates (subject to hydrolysis) is 1. The molecule has 2 N–H and O–H groups in total. The first-order valence-electron chi connectivity index (χ1n) is 12.8. The summed E-state index contributed by atoms with van der Waals surface area (Å²) in [7, 11) is 0. The number of carbonyl (C=O) groups is 2. The van der Waals surface area contributed by atoms with Crippen molar-refractivity contribution in [3.05, 3.63) is 65.5 Å². The van der Waals surface area contributed by atoms with Gasteiger partial charge >= 0.3 is 6.09 Å². The second-order valence-corrected chi connectivity index (χ2v) is 12.3. The van der Waals surface area contributed by atoms with Crippen LogP contribution < -0.4 is 15.5 Å². The van der Waals surface area contributed by atoms with Gasteiger partial charge in [-0.3, -0.25) is 4.79 Å². The highest BCUT2D eigenvalue weighted by Gasteiger charge is 2.31. The van der Waals surface area contributed by atoms with Crippen LogP contribution in [-0.4, -0.2) is 52.2 Å². The summed E-state index contributed by atoms with van der Waals surface area (Å²) in [5.41, 5.74) is -0.0652. The minimum atomic E-state index is -0.523. The summed E-state index contributed by atoms with van der Waals surface area (Å²) in [6, 6.07) is 7.75. The number of aromatic nitrogens is 3. The fourth-order valence-electron chi connectivity index (χ4n) is 4.07. The Bertz CT molecular complexity index is 1340. The maximum atomic E-state index is 13.1. The molecule has 1 saturated heterocycles. The van der Waals surface area contributed by atoms with Gasteiger partial charge in [0.05, 0.1) is 29.3 Å². The van der Waals surface area contributed by atoms with E-state index in [9.17, 15) is 14.0 Å². The summed E-state index contributed by atoms with van der Waals surface area (Å²) in [5, 5.41) is 6.62. The van der Waals surface area contributed by atoms with Crippen molar-refractivity contribution < 1.29 is 18.7 Å². The van der Waals surface area contributed by atoms with E-state index >= 15 is 0 Å². The molecule has 12 heteroatoms. The number of hydrogen-bond donors (Lipinski definition) is 2. The molecular formula is C28H32ClFN6O3S. The van der Waals surface area contributed by atoms with E-state index in [1.54, 1.807) is 24.5 Å². The Morgan fingerprint density at radius 3 is 2.48 bits per heavy atom. The largest absolute Gasteiger partial charge is 0.444 e. The van der Waals surface area contributed by atoms with E-state index in [2.05, 4.69) is 37.4 Å². The molecule has 3 aromatic rings. The maximum Gasteiger partial charge on any atom is 0.407 e. The van der Waals surface area contributed by atoms with Gasteiger partial charge in [-0.05, 0) is 63.3 Å². The highest BCUT2D eigenvalue weighted by molar-refractivity contribution is 7.99. The lowest BCUT2D eigenvalue weighted by atomic mass is 9.80. The quantitative estimate of drug-likeness (QED) is 0.337. The summed E-state index contributed by atoms with van der Waals surface area (Å²) < 4.78 is 18.5. The van der Waals surface area contributed by atoms with Crippen molar-refractivity contribution >= 4 is 46.9 Å². The molecule has 0 bridgehead atoms. The van der Waals surface area contributed by atoms with Crippen molar-refractivity contribution in [2.24, 2.45) is 5.41 Å². The molecular weight excluding hydrogens is 555 g/mol. The molecule has 0 unspecified atom stereocenters. The highest BCUT2D eigenvalue weighted by Crippen LogP contribution is 2.37. The number of rotatable bonds is 7. The third kappa shape index (κ3) is 8.04. The van der Waals surface area contributed by atoms with Crippen LogP contribution in [0, 0.1) is 11.2 Å². The Labute approximate surface area is 242 Å². The van der Waals surface area contributed by atoms with Crippen LogP contribution in [-0.2, 0) is 4.74 Å². The van der Waals surface area contributed by atoms with Crippen LogP contribution in [0.4, 0.5) is 20.7 Å². The molecule has 1 aliphatic heterocycles. The number of amides is 2. The van der Waals surface area contributed by atoms with Crippen molar-refractivity contribution in [2.45, 2.75) is 56.1 Å². The predicted octanol–water partition coefficient (Wildman–Crippen LogP) is 6.20. The number of hydrogen-bond acceptors (Lipinski definition) is 8. The molecule has 3 heterocycles. The Hall–Kier alpha value is -3.44. The third-order valence-corrected chi connectivity index (χ3v) is 7.85. The zero-order valence-electron chi connectivity index (χ0n) is 22.8. The number of nitrogens with zero attached hydrogens (tertiary/aromatic N) is 4. The SMILES string of the molecule is CC1(CNC(=O)OC(C)(C)C)CCN(c2cnc(Sc3cccc(NC(=O)c4ccc(F)cn4)c3Cl)cn2)CC1. The first-order valence-corrected chi connectivity index (χ1v) is 14.0. The molecule has 1 aromatic carbocycles. The Kier molecular flexibility index (Phi) is 9.15. The minimum Gasteiger partial charge on any atom is -0.444 e.